The second-order valence-corrected chi connectivity index (χ2v) is 5.13. The Balaban J connectivity index is 0.00000200. The Kier molecular flexibility index (Phi) is 5.24. The summed E-state index contributed by atoms with van der Waals surface area (Å²) in [6.45, 7) is 0. The molecule has 11 heteroatoms. The van der Waals surface area contributed by atoms with Crippen molar-refractivity contribution in [2.45, 2.75) is 5.09 Å². The topological polar surface area (TPSA) is 129 Å². The van der Waals surface area contributed by atoms with Gasteiger partial charge in [-0.05, 0) is 30.4 Å². The Morgan fingerprint density at radius 1 is 1.20 bits per heavy atom. The standard InChI is InChI=1S/C9H6N2O6S2.Na/c12-7-5(8(13)11-9(18)10-7)3-4-1-2-6(17-4)19(14,15)16;/h1-3H,(H,14,15,16)(H2,10,11,12,13,18);/q;+1/p-1. The molecule has 100 valence electrons. The normalized spacial score (nSPS) is 15.2. The second-order valence-electron chi connectivity index (χ2n) is 3.41. The molecule has 2 N–H and O–H groups in total. The quantitative estimate of drug-likeness (QED) is 0.187. The van der Waals surface area contributed by atoms with Gasteiger partial charge in [0.2, 0.25) is 5.09 Å². The molecule has 0 unspecified atom stereocenters. The molecule has 0 aliphatic carbocycles. The minimum Gasteiger partial charge on any atom is -0.742 e. The molecule has 20 heavy (non-hydrogen) atoms. The molecular weight excluding hydrogens is 319 g/mol. The molecule has 0 spiro atoms. The first-order valence-electron chi connectivity index (χ1n) is 4.71. The number of rotatable bonds is 2. The first-order chi connectivity index (χ1) is 8.77. The number of hydrogen-bond donors (Lipinski definition) is 2. The van der Waals surface area contributed by atoms with Crippen molar-refractivity contribution in [3.8, 4) is 0 Å². The van der Waals surface area contributed by atoms with Crippen molar-refractivity contribution in [2.75, 3.05) is 0 Å². The molecule has 2 amide bonds. The molecule has 1 aliphatic rings. The maximum atomic E-state index is 11.5. The van der Waals surface area contributed by atoms with E-state index in [1.54, 1.807) is 0 Å². The van der Waals surface area contributed by atoms with Crippen molar-refractivity contribution in [3.63, 3.8) is 0 Å². The zero-order valence-corrected chi connectivity index (χ0v) is 13.6. The van der Waals surface area contributed by atoms with E-state index in [0.717, 1.165) is 18.2 Å². The van der Waals surface area contributed by atoms with E-state index in [1.807, 2.05) is 0 Å². The van der Waals surface area contributed by atoms with Crippen LogP contribution in [0.4, 0.5) is 0 Å². The van der Waals surface area contributed by atoms with Crippen LogP contribution in [0.1, 0.15) is 5.76 Å². The fraction of sp³-hybridized carbons (Fsp3) is 0. The molecule has 2 rings (SSSR count). The summed E-state index contributed by atoms with van der Waals surface area (Å²) in [5.41, 5.74) is -0.321. The molecule has 0 radical (unpaired) electrons. The third-order valence-corrected chi connectivity index (χ3v) is 2.99. The first kappa shape index (κ1) is 17.0. The van der Waals surface area contributed by atoms with Crippen LogP contribution >= 0.6 is 12.2 Å². The van der Waals surface area contributed by atoms with Crippen LogP contribution in [0.5, 0.6) is 0 Å². The van der Waals surface area contributed by atoms with Crippen LogP contribution in [0.25, 0.3) is 6.08 Å². The van der Waals surface area contributed by atoms with Crippen molar-refractivity contribution in [2.24, 2.45) is 0 Å². The Hall–Kier alpha value is -1.04. The van der Waals surface area contributed by atoms with Gasteiger partial charge in [-0.15, -0.1) is 0 Å². The van der Waals surface area contributed by atoms with Crippen molar-refractivity contribution < 1.29 is 56.5 Å². The number of amides is 2. The van der Waals surface area contributed by atoms with Gasteiger partial charge in [-0.1, -0.05) is 0 Å². The Labute approximate surface area is 140 Å². The average molecular weight is 324 g/mol. The summed E-state index contributed by atoms with van der Waals surface area (Å²) in [6, 6.07) is 2.07. The van der Waals surface area contributed by atoms with Crippen molar-refractivity contribution in [1.29, 1.82) is 0 Å². The monoisotopic (exact) mass is 324 g/mol. The summed E-state index contributed by atoms with van der Waals surface area (Å²) >= 11 is 4.60. The smallest absolute Gasteiger partial charge is 0.742 e. The number of hydrogen-bond acceptors (Lipinski definition) is 7. The van der Waals surface area contributed by atoms with Crippen LogP contribution in [0.2, 0.25) is 0 Å². The summed E-state index contributed by atoms with van der Waals surface area (Å²) in [4.78, 5) is 22.9. The van der Waals surface area contributed by atoms with Crippen molar-refractivity contribution in [1.82, 2.24) is 10.6 Å². The molecule has 1 saturated heterocycles. The van der Waals surface area contributed by atoms with Gasteiger partial charge >= 0.3 is 29.6 Å². The largest absolute Gasteiger partial charge is 1.00 e. The minimum atomic E-state index is -4.73. The number of nitrogens with one attached hydrogen (secondary N) is 2. The number of carbonyl (C=O) groups excluding carboxylic acids is 2. The SMILES string of the molecule is O=C1NC(=S)NC(=O)C1=Cc1ccc(S(=O)(=O)[O-])o1.[Na+]. The third-order valence-electron chi connectivity index (χ3n) is 2.08. The first-order valence-corrected chi connectivity index (χ1v) is 6.53. The minimum absolute atomic E-state index is 0. The van der Waals surface area contributed by atoms with E-state index in [2.05, 4.69) is 22.9 Å². The summed E-state index contributed by atoms with van der Waals surface area (Å²) in [6.07, 6.45) is 1.00. The van der Waals surface area contributed by atoms with Gasteiger partial charge < -0.3 is 8.97 Å². The van der Waals surface area contributed by atoms with Crippen LogP contribution in [-0.2, 0) is 19.7 Å². The van der Waals surface area contributed by atoms with Gasteiger partial charge in [-0.25, -0.2) is 8.42 Å². The maximum Gasteiger partial charge on any atom is 1.00 e. The molecule has 0 saturated carbocycles. The van der Waals surface area contributed by atoms with Gasteiger partial charge in [0.15, 0.2) is 15.2 Å². The third kappa shape index (κ3) is 3.75. The fourth-order valence-corrected chi connectivity index (χ4v) is 1.91. The van der Waals surface area contributed by atoms with Gasteiger partial charge in [0.25, 0.3) is 11.8 Å². The summed E-state index contributed by atoms with van der Waals surface area (Å²) in [5.74, 6) is -1.63. The Bertz CT molecular complexity index is 699. The molecule has 2 heterocycles. The van der Waals surface area contributed by atoms with Gasteiger partial charge in [0.05, 0.1) is 0 Å². The molecule has 1 aromatic rings. The zero-order chi connectivity index (χ0) is 14.2. The van der Waals surface area contributed by atoms with Crippen molar-refractivity contribution >= 4 is 45.3 Å². The zero-order valence-electron chi connectivity index (χ0n) is 10.00. The maximum absolute atomic E-state index is 11.5. The van der Waals surface area contributed by atoms with Gasteiger partial charge in [-0.2, -0.15) is 0 Å². The van der Waals surface area contributed by atoms with Crippen molar-refractivity contribution in [3.05, 3.63) is 23.5 Å². The number of furan rings is 1. The molecule has 0 bridgehead atoms. The molecule has 1 fully saturated rings. The molecular formula is C9H5N2NaO6S2. The van der Waals surface area contributed by atoms with E-state index < -0.39 is 27.0 Å². The van der Waals surface area contributed by atoms with E-state index >= 15 is 0 Å². The van der Waals surface area contributed by atoms with Gasteiger partial charge in [-0.3, -0.25) is 20.2 Å². The number of carbonyl (C=O) groups is 2. The van der Waals surface area contributed by atoms with Crippen LogP contribution in [0, 0.1) is 0 Å². The molecule has 0 atom stereocenters. The predicted molar refractivity (Wildman–Crippen MR) is 63.5 cm³/mol. The molecule has 0 aromatic carbocycles. The van der Waals surface area contributed by atoms with Crippen LogP contribution in [0.3, 0.4) is 0 Å². The second kappa shape index (κ2) is 6.16. The van der Waals surface area contributed by atoms with Crippen LogP contribution < -0.4 is 40.2 Å². The molecule has 1 aliphatic heterocycles. The fourth-order valence-electron chi connectivity index (χ4n) is 1.29. The summed E-state index contributed by atoms with van der Waals surface area (Å²) in [5, 5.41) is 3.45. The Morgan fingerprint density at radius 2 is 1.75 bits per heavy atom. The molecule has 1 aromatic heterocycles. The van der Waals surface area contributed by atoms with E-state index in [4.69, 9.17) is 4.42 Å². The van der Waals surface area contributed by atoms with Gasteiger partial charge in [0.1, 0.15) is 11.3 Å². The van der Waals surface area contributed by atoms with E-state index in [9.17, 15) is 22.6 Å². The summed E-state index contributed by atoms with van der Waals surface area (Å²) in [7, 11) is -4.73. The predicted octanol–water partition coefficient (Wildman–Crippen LogP) is -3.90. The summed E-state index contributed by atoms with van der Waals surface area (Å²) < 4.78 is 36.7. The number of thiocarbonyl (C=S) groups is 1. The van der Waals surface area contributed by atoms with Gasteiger partial charge in [0, 0.05) is 0 Å². The van der Waals surface area contributed by atoms with Crippen LogP contribution in [0.15, 0.2) is 27.2 Å². The van der Waals surface area contributed by atoms with Crippen LogP contribution in [-0.4, -0.2) is 29.9 Å². The average Bonchev–Trinajstić information content (AvgIpc) is 2.71. The Morgan fingerprint density at radius 3 is 2.20 bits per heavy atom. The molecule has 8 nitrogen and oxygen atoms in total. The van der Waals surface area contributed by atoms with E-state index in [1.165, 1.54) is 0 Å². The van der Waals surface area contributed by atoms with E-state index in [0.29, 0.717) is 0 Å². The van der Waals surface area contributed by atoms with E-state index in [-0.39, 0.29) is 46.0 Å².